The van der Waals surface area contributed by atoms with Crippen LogP contribution in [0.5, 0.6) is 0 Å². The van der Waals surface area contributed by atoms with Crippen LogP contribution in [0.2, 0.25) is 10.4 Å². The van der Waals surface area contributed by atoms with Crippen molar-refractivity contribution in [1.29, 1.82) is 0 Å². The first-order valence-corrected chi connectivity index (χ1v) is 4.01. The second-order valence-corrected chi connectivity index (χ2v) is 3.08. The number of hydrogen-bond donors (Lipinski definition) is 0. The van der Waals surface area contributed by atoms with Crippen molar-refractivity contribution >= 4 is 34.3 Å². The molecule has 0 atom stereocenters. The van der Waals surface area contributed by atoms with E-state index in [0.717, 1.165) is 10.9 Å². The molecule has 0 aliphatic carbocycles. The summed E-state index contributed by atoms with van der Waals surface area (Å²) in [5.74, 6) is 0. The van der Waals surface area contributed by atoms with Crippen LogP contribution in [0.1, 0.15) is 5.56 Å². The molecule has 0 spiro atoms. The van der Waals surface area contributed by atoms with Gasteiger partial charge in [-0.25, -0.2) is 4.98 Å². The average molecular weight is 203 g/mol. The van der Waals surface area contributed by atoms with Gasteiger partial charge in [-0.15, -0.1) is 0 Å². The zero-order valence-corrected chi connectivity index (χ0v) is 7.65. The lowest BCUT2D eigenvalue weighted by Gasteiger charge is -1.92. The maximum absolute atomic E-state index is 5.81. The van der Waals surface area contributed by atoms with E-state index in [2.05, 4.69) is 9.97 Å². The molecule has 3 nitrogen and oxygen atoms in total. The van der Waals surface area contributed by atoms with Gasteiger partial charge in [-0.05, 0) is 24.1 Å². The second kappa shape index (κ2) is 2.61. The van der Waals surface area contributed by atoms with E-state index < -0.39 is 0 Å². The second-order valence-electron chi connectivity index (χ2n) is 2.38. The topological polar surface area (TPSA) is 38.9 Å². The summed E-state index contributed by atoms with van der Waals surface area (Å²) in [7, 11) is 0. The number of fused-ring (bicyclic) bond motifs is 1. The van der Waals surface area contributed by atoms with Gasteiger partial charge in [0.05, 0.1) is 11.6 Å². The van der Waals surface area contributed by atoms with Crippen molar-refractivity contribution in [2.75, 3.05) is 0 Å². The Morgan fingerprint density at radius 3 is 2.83 bits per heavy atom. The Bertz CT molecular complexity index is 438. The van der Waals surface area contributed by atoms with Gasteiger partial charge in [0.2, 0.25) is 11.0 Å². The lowest BCUT2D eigenvalue weighted by atomic mass is 10.3. The lowest BCUT2D eigenvalue weighted by Crippen LogP contribution is -1.83. The number of hydrogen-bond acceptors (Lipinski definition) is 3. The number of aryl methyl sites for hydroxylation is 1. The highest BCUT2D eigenvalue weighted by atomic mass is 35.5. The Labute approximate surface area is 78.3 Å². The summed E-state index contributed by atoms with van der Waals surface area (Å²) in [6, 6.07) is 0. The van der Waals surface area contributed by atoms with E-state index >= 15 is 0 Å². The van der Waals surface area contributed by atoms with Crippen LogP contribution in [0.15, 0.2) is 10.7 Å². The minimum Gasteiger partial charge on any atom is -0.446 e. The van der Waals surface area contributed by atoms with Crippen LogP contribution in [-0.2, 0) is 0 Å². The van der Waals surface area contributed by atoms with Crippen LogP contribution in [0.3, 0.4) is 0 Å². The van der Waals surface area contributed by atoms with Gasteiger partial charge in [0.1, 0.15) is 5.15 Å². The molecule has 0 aliphatic heterocycles. The molecule has 0 fully saturated rings. The molecule has 0 saturated heterocycles. The maximum Gasteiger partial charge on any atom is 0.232 e. The predicted molar refractivity (Wildman–Crippen MR) is 46.6 cm³/mol. The predicted octanol–water partition coefficient (Wildman–Crippen LogP) is 2.84. The molecule has 0 aromatic carbocycles. The molecular formula is C7H4Cl2N2O. The third kappa shape index (κ3) is 1.06. The largest absolute Gasteiger partial charge is 0.446 e. The quantitative estimate of drug-likeness (QED) is 0.488. The fraction of sp³-hybridized carbons (Fsp3) is 0.143. The van der Waals surface area contributed by atoms with Crippen LogP contribution in [0, 0.1) is 6.92 Å². The highest BCUT2D eigenvalue weighted by Crippen LogP contribution is 2.26. The molecule has 0 unspecified atom stereocenters. The molecule has 2 rings (SSSR count). The number of nitrogens with zero attached hydrogens (tertiary/aromatic N) is 2. The fourth-order valence-corrected chi connectivity index (χ4v) is 1.52. The van der Waals surface area contributed by atoms with Crippen molar-refractivity contribution in [1.82, 2.24) is 9.97 Å². The molecule has 0 N–H and O–H groups in total. The van der Waals surface area contributed by atoms with Gasteiger partial charge < -0.3 is 4.42 Å². The first-order chi connectivity index (χ1) is 5.68. The molecule has 0 aliphatic rings. The van der Waals surface area contributed by atoms with E-state index in [-0.39, 0.29) is 5.28 Å². The summed E-state index contributed by atoms with van der Waals surface area (Å²) in [6.07, 6.45) is 1.57. The van der Waals surface area contributed by atoms with Gasteiger partial charge in [-0.1, -0.05) is 11.6 Å². The van der Waals surface area contributed by atoms with Crippen LogP contribution < -0.4 is 0 Å². The molecular weight excluding hydrogens is 199 g/mol. The Hall–Kier alpha value is -0.800. The van der Waals surface area contributed by atoms with Crippen molar-refractivity contribution in [3.8, 4) is 0 Å². The van der Waals surface area contributed by atoms with Crippen molar-refractivity contribution in [2.45, 2.75) is 6.92 Å². The Kier molecular flexibility index (Phi) is 1.70. The lowest BCUT2D eigenvalue weighted by molar-refractivity contribution is 0.600. The Balaban J connectivity index is 2.93. The summed E-state index contributed by atoms with van der Waals surface area (Å²) < 4.78 is 5.09. The summed E-state index contributed by atoms with van der Waals surface area (Å²) >= 11 is 11.4. The smallest absolute Gasteiger partial charge is 0.232 e. The monoisotopic (exact) mass is 202 g/mol. The first-order valence-electron chi connectivity index (χ1n) is 3.25. The highest BCUT2D eigenvalue weighted by Gasteiger charge is 2.09. The molecule has 62 valence electrons. The Morgan fingerprint density at radius 1 is 1.33 bits per heavy atom. The molecule has 0 saturated carbocycles. The fourth-order valence-electron chi connectivity index (χ4n) is 1.01. The van der Waals surface area contributed by atoms with Crippen LogP contribution >= 0.6 is 23.2 Å². The highest BCUT2D eigenvalue weighted by molar-refractivity contribution is 6.35. The Morgan fingerprint density at radius 2 is 2.08 bits per heavy atom. The standard InChI is InChI=1S/C7H4Cl2N2O/c1-3-2-12-6-4(3)5(8)10-7(9)11-6/h2H,1H3. The average Bonchev–Trinajstić information content (AvgIpc) is 2.31. The summed E-state index contributed by atoms with van der Waals surface area (Å²) in [5.41, 5.74) is 1.34. The third-order valence-electron chi connectivity index (χ3n) is 1.55. The first kappa shape index (κ1) is 7.83. The number of rotatable bonds is 0. The zero-order valence-electron chi connectivity index (χ0n) is 6.14. The molecule has 0 amide bonds. The van der Waals surface area contributed by atoms with Crippen LogP contribution in [0.25, 0.3) is 11.1 Å². The van der Waals surface area contributed by atoms with Gasteiger partial charge in [0.25, 0.3) is 0 Å². The molecule has 12 heavy (non-hydrogen) atoms. The molecule has 2 aromatic rings. The van der Waals surface area contributed by atoms with E-state index in [4.69, 9.17) is 27.6 Å². The molecule has 2 aromatic heterocycles. The molecule has 2 heterocycles. The van der Waals surface area contributed by atoms with Gasteiger partial charge in [-0.2, -0.15) is 4.98 Å². The van der Waals surface area contributed by atoms with E-state index in [1.54, 1.807) is 6.26 Å². The number of halogens is 2. The van der Waals surface area contributed by atoms with E-state index in [1.165, 1.54) is 0 Å². The maximum atomic E-state index is 5.81. The normalized spacial score (nSPS) is 10.9. The molecule has 0 bridgehead atoms. The van der Waals surface area contributed by atoms with E-state index in [0.29, 0.717) is 10.9 Å². The van der Waals surface area contributed by atoms with Gasteiger partial charge >= 0.3 is 0 Å². The van der Waals surface area contributed by atoms with E-state index in [9.17, 15) is 0 Å². The van der Waals surface area contributed by atoms with Gasteiger partial charge in [0.15, 0.2) is 0 Å². The van der Waals surface area contributed by atoms with Crippen molar-refractivity contribution < 1.29 is 4.42 Å². The summed E-state index contributed by atoms with van der Waals surface area (Å²) in [6.45, 7) is 1.87. The SMILES string of the molecule is Cc1coc2nc(Cl)nc(Cl)c12. The van der Waals surface area contributed by atoms with Gasteiger partial charge in [-0.3, -0.25) is 0 Å². The third-order valence-corrected chi connectivity index (χ3v) is 1.99. The molecule has 5 heteroatoms. The summed E-state index contributed by atoms with van der Waals surface area (Å²) in [4.78, 5) is 7.66. The zero-order chi connectivity index (χ0) is 8.72. The number of furan rings is 1. The minimum absolute atomic E-state index is 0.0989. The van der Waals surface area contributed by atoms with Crippen LogP contribution in [-0.4, -0.2) is 9.97 Å². The summed E-state index contributed by atoms with van der Waals surface area (Å²) in [5, 5.41) is 1.15. The van der Waals surface area contributed by atoms with Crippen molar-refractivity contribution in [3.63, 3.8) is 0 Å². The van der Waals surface area contributed by atoms with Crippen molar-refractivity contribution in [2.24, 2.45) is 0 Å². The minimum atomic E-state index is 0.0989. The van der Waals surface area contributed by atoms with Gasteiger partial charge in [0, 0.05) is 0 Å². The van der Waals surface area contributed by atoms with E-state index in [1.807, 2.05) is 6.92 Å². The number of aromatic nitrogens is 2. The van der Waals surface area contributed by atoms with Crippen LogP contribution in [0.4, 0.5) is 0 Å². The van der Waals surface area contributed by atoms with Crippen molar-refractivity contribution in [3.05, 3.63) is 22.3 Å². The molecule has 0 radical (unpaired) electrons.